The second-order valence-electron chi connectivity index (χ2n) is 4.85. The van der Waals surface area contributed by atoms with Gasteiger partial charge in [0, 0.05) is 32.4 Å². The smallest absolute Gasteiger partial charge is 0.250 e. The Bertz CT molecular complexity index is 419. The molecule has 0 radical (unpaired) electrons. The monoisotopic (exact) mass is 232 g/mol. The molecule has 0 spiro atoms. The van der Waals surface area contributed by atoms with E-state index >= 15 is 0 Å². The van der Waals surface area contributed by atoms with E-state index in [2.05, 4.69) is 15.2 Å². The van der Waals surface area contributed by atoms with E-state index in [4.69, 9.17) is 5.73 Å². The van der Waals surface area contributed by atoms with Crippen LogP contribution < -0.4 is 16.0 Å². The molecule has 2 saturated heterocycles. The van der Waals surface area contributed by atoms with Crippen LogP contribution in [0, 0.1) is 11.8 Å². The molecule has 0 bridgehead atoms. The molecule has 17 heavy (non-hydrogen) atoms. The molecule has 5 nitrogen and oxygen atoms in total. The van der Waals surface area contributed by atoms with Crippen molar-refractivity contribution in [1.82, 2.24) is 10.3 Å². The summed E-state index contributed by atoms with van der Waals surface area (Å²) in [4.78, 5) is 17.6. The maximum atomic E-state index is 11.0. The van der Waals surface area contributed by atoms with Crippen LogP contribution in [-0.2, 0) is 0 Å². The Morgan fingerprint density at radius 2 is 2.06 bits per heavy atom. The Labute approximate surface area is 100 Å². The molecule has 1 aromatic heterocycles. The molecule has 1 amide bonds. The third-order valence-corrected chi connectivity index (χ3v) is 3.75. The van der Waals surface area contributed by atoms with Crippen molar-refractivity contribution in [2.75, 3.05) is 31.1 Å². The van der Waals surface area contributed by atoms with Crippen LogP contribution in [0.1, 0.15) is 10.4 Å². The highest BCUT2D eigenvalue weighted by Crippen LogP contribution is 2.29. The van der Waals surface area contributed by atoms with Crippen molar-refractivity contribution in [3.8, 4) is 0 Å². The second-order valence-corrected chi connectivity index (χ2v) is 4.85. The minimum absolute atomic E-state index is 0.424. The first-order valence-electron chi connectivity index (χ1n) is 5.95. The number of rotatable bonds is 2. The van der Waals surface area contributed by atoms with Crippen LogP contribution >= 0.6 is 0 Å². The lowest BCUT2D eigenvalue weighted by Gasteiger charge is -2.18. The highest BCUT2D eigenvalue weighted by molar-refractivity contribution is 5.92. The summed E-state index contributed by atoms with van der Waals surface area (Å²) >= 11 is 0. The summed E-state index contributed by atoms with van der Waals surface area (Å²) in [6, 6.07) is 3.63. The maximum Gasteiger partial charge on any atom is 0.250 e. The zero-order valence-electron chi connectivity index (χ0n) is 9.60. The lowest BCUT2D eigenvalue weighted by molar-refractivity contribution is 0.1000. The molecule has 1 aromatic rings. The van der Waals surface area contributed by atoms with Crippen molar-refractivity contribution in [1.29, 1.82) is 0 Å². The Morgan fingerprint density at radius 3 is 2.59 bits per heavy atom. The Balaban J connectivity index is 1.75. The van der Waals surface area contributed by atoms with E-state index in [0.717, 1.165) is 43.8 Å². The van der Waals surface area contributed by atoms with Gasteiger partial charge in [-0.15, -0.1) is 0 Å². The van der Waals surface area contributed by atoms with Gasteiger partial charge in [0.1, 0.15) is 5.82 Å². The molecule has 2 atom stereocenters. The van der Waals surface area contributed by atoms with Gasteiger partial charge in [0.05, 0.1) is 5.56 Å². The lowest BCUT2D eigenvalue weighted by Crippen LogP contribution is -2.26. The zero-order valence-corrected chi connectivity index (χ0v) is 9.60. The van der Waals surface area contributed by atoms with Gasteiger partial charge in [-0.1, -0.05) is 0 Å². The number of anilines is 1. The molecular weight excluding hydrogens is 216 g/mol. The number of fused-ring (bicyclic) bond motifs is 1. The molecule has 2 aliphatic rings. The first-order valence-corrected chi connectivity index (χ1v) is 5.95. The van der Waals surface area contributed by atoms with E-state index in [1.807, 2.05) is 6.07 Å². The number of nitrogens with two attached hydrogens (primary N) is 1. The van der Waals surface area contributed by atoms with Crippen molar-refractivity contribution in [2.24, 2.45) is 17.6 Å². The summed E-state index contributed by atoms with van der Waals surface area (Å²) in [5, 5.41) is 3.41. The fraction of sp³-hybridized carbons (Fsp3) is 0.500. The highest BCUT2D eigenvalue weighted by Gasteiger charge is 2.36. The van der Waals surface area contributed by atoms with Crippen molar-refractivity contribution < 1.29 is 4.79 Å². The van der Waals surface area contributed by atoms with Crippen LogP contribution in [0.25, 0.3) is 0 Å². The zero-order chi connectivity index (χ0) is 11.8. The number of nitrogens with zero attached hydrogens (tertiary/aromatic N) is 2. The van der Waals surface area contributed by atoms with Gasteiger partial charge in [-0.2, -0.15) is 0 Å². The van der Waals surface area contributed by atoms with Crippen molar-refractivity contribution in [3.05, 3.63) is 23.9 Å². The van der Waals surface area contributed by atoms with E-state index in [-0.39, 0.29) is 0 Å². The van der Waals surface area contributed by atoms with E-state index < -0.39 is 5.91 Å². The fourth-order valence-electron chi connectivity index (χ4n) is 2.76. The molecule has 2 fully saturated rings. The third-order valence-electron chi connectivity index (χ3n) is 3.75. The molecule has 2 unspecified atom stereocenters. The molecule has 2 aliphatic heterocycles. The molecule has 5 heteroatoms. The molecule has 3 heterocycles. The quantitative estimate of drug-likeness (QED) is 0.743. The molecule has 90 valence electrons. The van der Waals surface area contributed by atoms with E-state index in [0.29, 0.717) is 5.56 Å². The van der Waals surface area contributed by atoms with E-state index in [9.17, 15) is 4.79 Å². The topological polar surface area (TPSA) is 71.2 Å². The minimum Gasteiger partial charge on any atom is -0.366 e. The van der Waals surface area contributed by atoms with Gasteiger partial charge < -0.3 is 16.0 Å². The summed E-state index contributed by atoms with van der Waals surface area (Å²) < 4.78 is 0. The molecule has 3 rings (SSSR count). The summed E-state index contributed by atoms with van der Waals surface area (Å²) in [5.74, 6) is 2.01. The molecule has 0 saturated carbocycles. The summed E-state index contributed by atoms with van der Waals surface area (Å²) in [6.45, 7) is 4.34. The van der Waals surface area contributed by atoms with Gasteiger partial charge in [-0.25, -0.2) is 4.98 Å². The number of nitrogens with one attached hydrogen (secondary N) is 1. The second kappa shape index (κ2) is 4.00. The summed E-state index contributed by atoms with van der Waals surface area (Å²) in [5.41, 5.74) is 5.66. The van der Waals surface area contributed by atoms with E-state index in [1.165, 1.54) is 0 Å². The summed E-state index contributed by atoms with van der Waals surface area (Å²) in [7, 11) is 0. The predicted molar refractivity (Wildman–Crippen MR) is 64.8 cm³/mol. The van der Waals surface area contributed by atoms with Crippen LogP contribution in [0.4, 0.5) is 5.82 Å². The normalized spacial score (nSPS) is 27.2. The third kappa shape index (κ3) is 1.86. The SMILES string of the molecule is NC(=O)c1ccc(N2CC3CNCC3C2)nc1. The number of aromatic nitrogens is 1. The Hall–Kier alpha value is -1.62. The average Bonchev–Trinajstić information content (AvgIpc) is 2.89. The standard InChI is InChI=1S/C12H16N4O/c13-12(17)8-1-2-11(15-5-8)16-6-9-3-14-4-10(9)7-16/h1-2,5,9-10,14H,3-4,6-7H2,(H2,13,17). The molecule has 0 aliphatic carbocycles. The first kappa shape index (κ1) is 10.5. The predicted octanol–water partition coefficient (Wildman–Crippen LogP) is -0.164. The number of carbonyl (C=O) groups is 1. The number of primary amides is 1. The van der Waals surface area contributed by atoms with Crippen molar-refractivity contribution in [3.63, 3.8) is 0 Å². The average molecular weight is 232 g/mol. The Kier molecular flexibility index (Phi) is 2.48. The van der Waals surface area contributed by atoms with Gasteiger partial charge in [0.15, 0.2) is 0 Å². The van der Waals surface area contributed by atoms with Gasteiger partial charge in [-0.3, -0.25) is 4.79 Å². The number of amides is 1. The fourth-order valence-corrected chi connectivity index (χ4v) is 2.76. The van der Waals surface area contributed by atoms with Crippen molar-refractivity contribution >= 4 is 11.7 Å². The first-order chi connectivity index (χ1) is 8.24. The minimum atomic E-state index is -0.424. The maximum absolute atomic E-state index is 11.0. The number of carbonyl (C=O) groups excluding carboxylic acids is 1. The largest absolute Gasteiger partial charge is 0.366 e. The van der Waals surface area contributed by atoms with Crippen molar-refractivity contribution in [2.45, 2.75) is 0 Å². The van der Waals surface area contributed by atoms with Crippen LogP contribution in [0.2, 0.25) is 0 Å². The van der Waals surface area contributed by atoms with E-state index in [1.54, 1.807) is 12.3 Å². The van der Waals surface area contributed by atoms with Gasteiger partial charge in [0.25, 0.3) is 0 Å². The molecule has 3 N–H and O–H groups in total. The summed E-state index contributed by atoms with van der Waals surface area (Å²) in [6.07, 6.45) is 1.56. The highest BCUT2D eigenvalue weighted by atomic mass is 16.1. The van der Waals surface area contributed by atoms with Gasteiger partial charge in [0.2, 0.25) is 5.91 Å². The number of pyridine rings is 1. The van der Waals surface area contributed by atoms with Crippen LogP contribution in [0.5, 0.6) is 0 Å². The molecular formula is C12H16N4O. The van der Waals surface area contributed by atoms with Crippen LogP contribution in [0.3, 0.4) is 0 Å². The number of hydrogen-bond donors (Lipinski definition) is 2. The van der Waals surface area contributed by atoms with Gasteiger partial charge in [-0.05, 0) is 24.0 Å². The van der Waals surface area contributed by atoms with Gasteiger partial charge >= 0.3 is 0 Å². The lowest BCUT2D eigenvalue weighted by atomic mass is 10.0. The number of hydrogen-bond acceptors (Lipinski definition) is 4. The van der Waals surface area contributed by atoms with Crippen LogP contribution in [-0.4, -0.2) is 37.1 Å². The molecule has 0 aromatic carbocycles. The van der Waals surface area contributed by atoms with Crippen LogP contribution in [0.15, 0.2) is 18.3 Å². The Morgan fingerprint density at radius 1 is 1.35 bits per heavy atom.